The molecular weight excluding hydrogens is 474 g/mol. The minimum Gasteiger partial charge on any atom is -0.497 e. The van der Waals surface area contributed by atoms with E-state index in [1.54, 1.807) is 42.5 Å². The summed E-state index contributed by atoms with van der Waals surface area (Å²) in [4.78, 5) is 42.7. The average Bonchev–Trinajstić information content (AvgIpc) is 3.26. The number of thiocarbonyl (C=S) groups is 1. The fourth-order valence-electron chi connectivity index (χ4n) is 3.87. The van der Waals surface area contributed by atoms with Crippen molar-refractivity contribution in [1.82, 2.24) is 4.90 Å². The van der Waals surface area contributed by atoms with Crippen molar-refractivity contribution in [3.63, 3.8) is 0 Å². The van der Waals surface area contributed by atoms with E-state index in [1.807, 2.05) is 13.8 Å². The Morgan fingerprint density at radius 1 is 1.09 bits per heavy atom. The highest BCUT2D eigenvalue weighted by Gasteiger charge is 2.43. The fourth-order valence-corrected chi connectivity index (χ4v) is 5.46. The van der Waals surface area contributed by atoms with Crippen molar-refractivity contribution in [2.24, 2.45) is 0 Å². The third kappa shape index (κ3) is 4.14. The number of anilines is 2. The smallest absolute Gasteiger partial charge is 0.267 e. The zero-order chi connectivity index (χ0) is 24.6. The third-order valence-electron chi connectivity index (χ3n) is 5.45. The molecule has 2 aromatic rings. The van der Waals surface area contributed by atoms with Crippen LogP contribution in [0, 0.1) is 0 Å². The summed E-state index contributed by atoms with van der Waals surface area (Å²) in [6.07, 6.45) is 0. The van der Waals surface area contributed by atoms with Gasteiger partial charge in [-0.1, -0.05) is 42.2 Å². The molecule has 0 bridgehead atoms. The number of methoxy groups -OCH3 is 2. The standard InChI is InChI=1S/C24H23N3O5S2/c1-13(2)27-23(30)21(34-24(27)33)20-15-7-5-6-8-17(15)26(22(20)29)12-19(28)25-16-10-9-14(31-3)11-18(16)32-4/h5-11,13H,12H2,1-4H3,(H,25,28)/b21-20+. The van der Waals surface area contributed by atoms with Gasteiger partial charge in [0, 0.05) is 17.7 Å². The summed E-state index contributed by atoms with van der Waals surface area (Å²) in [7, 11) is 3.03. The van der Waals surface area contributed by atoms with Gasteiger partial charge in [-0.3, -0.25) is 24.2 Å². The van der Waals surface area contributed by atoms with E-state index in [-0.39, 0.29) is 29.0 Å². The lowest BCUT2D eigenvalue weighted by atomic mass is 10.1. The summed E-state index contributed by atoms with van der Waals surface area (Å²) < 4.78 is 10.9. The number of para-hydroxylation sites is 1. The Morgan fingerprint density at radius 2 is 1.82 bits per heavy atom. The van der Waals surface area contributed by atoms with Crippen molar-refractivity contribution in [1.29, 1.82) is 0 Å². The van der Waals surface area contributed by atoms with E-state index >= 15 is 0 Å². The number of rotatable bonds is 6. The molecule has 34 heavy (non-hydrogen) atoms. The monoisotopic (exact) mass is 497 g/mol. The van der Waals surface area contributed by atoms with Crippen LogP contribution >= 0.6 is 24.0 Å². The number of thioether (sulfide) groups is 1. The number of nitrogens with one attached hydrogen (secondary N) is 1. The molecule has 3 amide bonds. The van der Waals surface area contributed by atoms with Gasteiger partial charge in [0.25, 0.3) is 11.8 Å². The van der Waals surface area contributed by atoms with Gasteiger partial charge in [0.05, 0.1) is 36.1 Å². The molecule has 4 rings (SSSR count). The Balaban J connectivity index is 1.64. The number of carbonyl (C=O) groups excluding carboxylic acids is 3. The number of fused-ring (bicyclic) bond motifs is 1. The van der Waals surface area contributed by atoms with Crippen LogP contribution in [0.25, 0.3) is 5.57 Å². The molecule has 0 atom stereocenters. The molecule has 2 aromatic carbocycles. The molecule has 10 heteroatoms. The Morgan fingerprint density at radius 3 is 2.47 bits per heavy atom. The van der Waals surface area contributed by atoms with Crippen molar-refractivity contribution in [3.8, 4) is 11.5 Å². The van der Waals surface area contributed by atoms with Crippen molar-refractivity contribution < 1.29 is 23.9 Å². The molecule has 0 aromatic heterocycles. The van der Waals surface area contributed by atoms with Crippen molar-refractivity contribution in [2.75, 3.05) is 31.0 Å². The number of amides is 3. The maximum atomic E-state index is 13.5. The second-order valence-corrected chi connectivity index (χ2v) is 9.51. The van der Waals surface area contributed by atoms with Gasteiger partial charge in [0.15, 0.2) is 0 Å². The zero-order valence-electron chi connectivity index (χ0n) is 19.1. The molecule has 2 aliphatic rings. The maximum absolute atomic E-state index is 13.5. The molecule has 0 unspecified atom stereocenters. The van der Waals surface area contributed by atoms with Crippen LogP contribution in [0.1, 0.15) is 19.4 Å². The van der Waals surface area contributed by atoms with Gasteiger partial charge in [0.1, 0.15) is 22.4 Å². The van der Waals surface area contributed by atoms with Gasteiger partial charge >= 0.3 is 0 Å². The largest absolute Gasteiger partial charge is 0.497 e. The number of hydrogen-bond donors (Lipinski definition) is 1. The molecule has 2 heterocycles. The van der Waals surface area contributed by atoms with Gasteiger partial charge in [-0.15, -0.1) is 0 Å². The fraction of sp³-hybridized carbons (Fsp3) is 0.250. The Kier molecular flexibility index (Phi) is 6.63. The van der Waals surface area contributed by atoms with Crippen molar-refractivity contribution in [2.45, 2.75) is 19.9 Å². The molecule has 1 saturated heterocycles. The normalized spacial score (nSPS) is 17.5. The van der Waals surface area contributed by atoms with Crippen LogP contribution in [0.5, 0.6) is 11.5 Å². The van der Waals surface area contributed by atoms with E-state index in [0.29, 0.717) is 32.8 Å². The summed E-state index contributed by atoms with van der Waals surface area (Å²) >= 11 is 6.50. The van der Waals surface area contributed by atoms with E-state index in [9.17, 15) is 14.4 Å². The molecule has 1 N–H and O–H groups in total. The highest BCUT2D eigenvalue weighted by Crippen LogP contribution is 2.45. The van der Waals surface area contributed by atoms with Crippen molar-refractivity contribution >= 4 is 63.0 Å². The zero-order valence-corrected chi connectivity index (χ0v) is 20.7. The van der Waals surface area contributed by atoms with Crippen LogP contribution in [0.2, 0.25) is 0 Å². The molecule has 1 fully saturated rings. The van der Waals surface area contributed by atoms with Gasteiger partial charge in [-0.05, 0) is 32.0 Å². The number of carbonyl (C=O) groups is 3. The second-order valence-electron chi connectivity index (χ2n) is 7.86. The molecule has 0 saturated carbocycles. The van der Waals surface area contributed by atoms with E-state index in [4.69, 9.17) is 21.7 Å². The molecule has 0 radical (unpaired) electrons. The summed E-state index contributed by atoms with van der Waals surface area (Å²) in [5, 5.41) is 2.78. The lowest BCUT2D eigenvalue weighted by Gasteiger charge is -2.18. The molecular formula is C24H23N3O5S2. The summed E-state index contributed by atoms with van der Waals surface area (Å²) in [6.45, 7) is 3.50. The van der Waals surface area contributed by atoms with Crippen LogP contribution in [0.15, 0.2) is 47.4 Å². The van der Waals surface area contributed by atoms with E-state index in [1.165, 1.54) is 24.0 Å². The predicted octanol–water partition coefficient (Wildman–Crippen LogP) is 3.67. The first-order valence-electron chi connectivity index (χ1n) is 10.5. The van der Waals surface area contributed by atoms with Crippen LogP contribution in [-0.4, -0.2) is 53.7 Å². The van der Waals surface area contributed by atoms with Crippen LogP contribution in [0.3, 0.4) is 0 Å². The first-order valence-corrected chi connectivity index (χ1v) is 11.7. The lowest BCUT2D eigenvalue weighted by molar-refractivity contribution is -0.123. The van der Waals surface area contributed by atoms with Crippen LogP contribution in [0.4, 0.5) is 11.4 Å². The maximum Gasteiger partial charge on any atom is 0.267 e. The van der Waals surface area contributed by atoms with Crippen molar-refractivity contribution in [3.05, 3.63) is 52.9 Å². The number of ether oxygens (including phenoxy) is 2. The summed E-state index contributed by atoms with van der Waals surface area (Å²) in [5.41, 5.74) is 1.89. The van der Waals surface area contributed by atoms with Crippen LogP contribution < -0.4 is 19.7 Å². The first-order chi connectivity index (χ1) is 16.3. The Hall–Kier alpha value is -3.37. The number of hydrogen-bond acceptors (Lipinski definition) is 7. The van der Waals surface area contributed by atoms with E-state index in [0.717, 1.165) is 11.8 Å². The van der Waals surface area contributed by atoms with Crippen LogP contribution in [-0.2, 0) is 14.4 Å². The van der Waals surface area contributed by atoms with Gasteiger partial charge in [0.2, 0.25) is 5.91 Å². The van der Waals surface area contributed by atoms with E-state index in [2.05, 4.69) is 5.32 Å². The predicted molar refractivity (Wildman–Crippen MR) is 136 cm³/mol. The number of benzene rings is 2. The highest BCUT2D eigenvalue weighted by atomic mass is 32.2. The third-order valence-corrected chi connectivity index (χ3v) is 6.85. The topological polar surface area (TPSA) is 88.2 Å². The average molecular weight is 498 g/mol. The summed E-state index contributed by atoms with van der Waals surface area (Å²) in [6, 6.07) is 12.0. The quantitative estimate of drug-likeness (QED) is 0.481. The van der Waals surface area contributed by atoms with E-state index < -0.39 is 11.8 Å². The minimum absolute atomic E-state index is 0.126. The summed E-state index contributed by atoms with van der Waals surface area (Å²) in [5.74, 6) is -0.108. The molecule has 8 nitrogen and oxygen atoms in total. The molecule has 0 aliphatic carbocycles. The second kappa shape index (κ2) is 9.47. The Bertz CT molecular complexity index is 1240. The Labute approximate surface area is 206 Å². The molecule has 2 aliphatic heterocycles. The lowest BCUT2D eigenvalue weighted by Crippen LogP contribution is -2.36. The molecule has 176 valence electrons. The highest BCUT2D eigenvalue weighted by molar-refractivity contribution is 8.26. The van der Waals surface area contributed by atoms with Gasteiger partial charge in [-0.2, -0.15) is 0 Å². The number of nitrogens with zero attached hydrogens (tertiary/aromatic N) is 2. The SMILES string of the molecule is COc1ccc(NC(=O)CN2C(=O)/C(=C3/SC(=S)N(C(C)C)C3=O)c3ccccc32)c(OC)c1. The minimum atomic E-state index is -0.415. The van der Waals surface area contributed by atoms with Gasteiger partial charge < -0.3 is 14.8 Å². The first kappa shape index (κ1) is 23.8. The van der Waals surface area contributed by atoms with Gasteiger partial charge in [-0.25, -0.2) is 0 Å². The molecule has 0 spiro atoms.